The maximum Gasteiger partial charge on any atom is 0.264 e. The molecule has 0 aliphatic carbocycles. The zero-order valence-corrected chi connectivity index (χ0v) is 7.90. The fraction of sp³-hybridized carbons (Fsp3) is 0.444. The number of aryl methyl sites for hydroxylation is 1. The summed E-state index contributed by atoms with van der Waals surface area (Å²) < 4.78 is 24.1. The molecule has 1 rings (SSSR count). The summed E-state index contributed by atoms with van der Waals surface area (Å²) in [6.45, 7) is 5.53. The lowest BCUT2D eigenvalue weighted by Gasteiger charge is -2.01. The lowest BCUT2D eigenvalue weighted by molar-refractivity contribution is 0.150. The van der Waals surface area contributed by atoms with Gasteiger partial charge in [0.05, 0.1) is 0 Å². The van der Waals surface area contributed by atoms with Gasteiger partial charge in [0.25, 0.3) is 6.43 Å². The van der Waals surface area contributed by atoms with Crippen LogP contribution in [0.3, 0.4) is 0 Å². The number of aromatic amines is 1. The van der Waals surface area contributed by atoms with Crippen LogP contribution < -0.4 is 5.56 Å². The molecule has 0 radical (unpaired) electrons. The van der Waals surface area contributed by atoms with E-state index in [1.54, 1.807) is 0 Å². The highest BCUT2D eigenvalue weighted by Crippen LogP contribution is 2.19. The Labute approximate surface area is 75.6 Å². The molecule has 1 heterocycles. The van der Waals surface area contributed by atoms with Crippen molar-refractivity contribution in [2.75, 3.05) is 0 Å². The van der Waals surface area contributed by atoms with E-state index in [1.165, 1.54) is 13.1 Å². The third-order valence-electron chi connectivity index (χ3n) is 1.41. The third-order valence-corrected chi connectivity index (χ3v) is 1.41. The number of pyridine rings is 1. The van der Waals surface area contributed by atoms with Crippen LogP contribution in [0.5, 0.6) is 0 Å². The van der Waals surface area contributed by atoms with Gasteiger partial charge in [-0.05, 0) is 12.5 Å². The van der Waals surface area contributed by atoms with E-state index in [0.717, 1.165) is 6.07 Å². The molecule has 13 heavy (non-hydrogen) atoms. The molecule has 0 aromatic carbocycles. The fourth-order valence-corrected chi connectivity index (χ4v) is 0.795. The molecular weight excluding hydrogens is 176 g/mol. The van der Waals surface area contributed by atoms with Crippen LogP contribution in [0.15, 0.2) is 17.1 Å². The second-order valence-corrected chi connectivity index (χ2v) is 2.24. The summed E-state index contributed by atoms with van der Waals surface area (Å²) in [5, 5.41) is 0. The lowest BCUT2D eigenvalue weighted by Crippen LogP contribution is -2.06. The molecule has 1 aromatic rings. The Morgan fingerprint density at radius 1 is 1.38 bits per heavy atom. The summed E-state index contributed by atoms with van der Waals surface area (Å²) in [4.78, 5) is 12.9. The molecule has 0 bridgehead atoms. The summed E-state index contributed by atoms with van der Waals surface area (Å²) in [5.74, 6) is 0. The SMILES string of the molecule is CC.Cc1c[nH]c(=O)cc1C(F)F. The van der Waals surface area contributed by atoms with Gasteiger partial charge in [-0.3, -0.25) is 4.79 Å². The van der Waals surface area contributed by atoms with Gasteiger partial charge in [-0.1, -0.05) is 13.8 Å². The van der Waals surface area contributed by atoms with Gasteiger partial charge in [0.2, 0.25) is 5.56 Å². The molecule has 1 aromatic heterocycles. The number of hydrogen-bond donors (Lipinski definition) is 1. The Bertz CT molecular complexity index is 307. The molecule has 0 saturated carbocycles. The van der Waals surface area contributed by atoms with Crippen LogP contribution >= 0.6 is 0 Å². The summed E-state index contributed by atoms with van der Waals surface area (Å²) in [7, 11) is 0. The minimum atomic E-state index is -2.57. The molecule has 74 valence electrons. The lowest BCUT2D eigenvalue weighted by atomic mass is 10.2. The van der Waals surface area contributed by atoms with Gasteiger partial charge in [0.15, 0.2) is 0 Å². The van der Waals surface area contributed by atoms with Crippen molar-refractivity contribution in [3.05, 3.63) is 33.7 Å². The summed E-state index contributed by atoms with van der Waals surface area (Å²) in [5.41, 5.74) is -0.292. The van der Waals surface area contributed by atoms with E-state index in [4.69, 9.17) is 0 Å². The molecule has 0 saturated heterocycles. The molecule has 4 heteroatoms. The van der Waals surface area contributed by atoms with Crippen molar-refractivity contribution in [2.45, 2.75) is 27.2 Å². The summed E-state index contributed by atoms with van der Waals surface area (Å²) in [6.07, 6.45) is -1.29. The average molecular weight is 189 g/mol. The van der Waals surface area contributed by atoms with Crippen molar-refractivity contribution in [1.82, 2.24) is 4.98 Å². The maximum atomic E-state index is 12.1. The molecule has 0 amide bonds. The largest absolute Gasteiger partial charge is 0.329 e. The Balaban J connectivity index is 0.000000671. The number of H-pyrrole nitrogens is 1. The van der Waals surface area contributed by atoms with Gasteiger partial charge in [0, 0.05) is 17.8 Å². The predicted octanol–water partition coefficient (Wildman–Crippen LogP) is 2.65. The quantitative estimate of drug-likeness (QED) is 0.723. The van der Waals surface area contributed by atoms with Crippen molar-refractivity contribution in [3.63, 3.8) is 0 Å². The van der Waals surface area contributed by atoms with E-state index in [2.05, 4.69) is 4.98 Å². The second-order valence-electron chi connectivity index (χ2n) is 2.24. The Morgan fingerprint density at radius 3 is 2.31 bits per heavy atom. The number of aromatic nitrogens is 1. The number of alkyl halides is 2. The Kier molecular flexibility index (Phi) is 4.96. The number of nitrogens with one attached hydrogen (secondary N) is 1. The molecule has 0 aliphatic heterocycles. The molecule has 1 N–H and O–H groups in total. The highest BCUT2D eigenvalue weighted by molar-refractivity contribution is 5.22. The highest BCUT2D eigenvalue weighted by Gasteiger charge is 2.09. The maximum absolute atomic E-state index is 12.1. The monoisotopic (exact) mass is 189 g/mol. The van der Waals surface area contributed by atoms with Crippen molar-refractivity contribution in [1.29, 1.82) is 0 Å². The molecule has 0 fully saturated rings. The number of halogens is 2. The zero-order chi connectivity index (χ0) is 10.4. The first-order chi connectivity index (χ1) is 6.11. The standard InChI is InChI=1S/C7H7F2NO.C2H6/c1-4-3-10-6(11)2-5(4)7(8)9;1-2/h2-3,7H,1H3,(H,10,11);1-2H3. The normalized spacial score (nSPS) is 9.38. The van der Waals surface area contributed by atoms with Crippen LogP contribution in [0.2, 0.25) is 0 Å². The smallest absolute Gasteiger partial charge is 0.264 e. The first-order valence-corrected chi connectivity index (χ1v) is 4.08. The minimum Gasteiger partial charge on any atom is -0.329 e. The van der Waals surface area contributed by atoms with E-state index >= 15 is 0 Å². The van der Waals surface area contributed by atoms with Gasteiger partial charge >= 0.3 is 0 Å². The van der Waals surface area contributed by atoms with E-state index < -0.39 is 12.0 Å². The third kappa shape index (κ3) is 3.36. The molecule has 0 spiro atoms. The van der Waals surface area contributed by atoms with Gasteiger partial charge in [0.1, 0.15) is 0 Å². The highest BCUT2D eigenvalue weighted by atomic mass is 19.3. The van der Waals surface area contributed by atoms with Crippen molar-refractivity contribution in [2.24, 2.45) is 0 Å². The molecule has 0 unspecified atom stereocenters. The van der Waals surface area contributed by atoms with Crippen molar-refractivity contribution < 1.29 is 8.78 Å². The van der Waals surface area contributed by atoms with Gasteiger partial charge in [-0.15, -0.1) is 0 Å². The Hall–Kier alpha value is -1.19. The molecule has 0 atom stereocenters. The topological polar surface area (TPSA) is 32.9 Å². The number of rotatable bonds is 1. The van der Waals surface area contributed by atoms with E-state index in [-0.39, 0.29) is 5.56 Å². The van der Waals surface area contributed by atoms with Crippen LogP contribution in [0, 0.1) is 6.92 Å². The average Bonchev–Trinajstić information content (AvgIpc) is 2.12. The van der Waals surface area contributed by atoms with E-state index in [1.807, 2.05) is 13.8 Å². The van der Waals surface area contributed by atoms with Crippen molar-refractivity contribution in [3.8, 4) is 0 Å². The zero-order valence-electron chi connectivity index (χ0n) is 7.90. The summed E-state index contributed by atoms with van der Waals surface area (Å²) >= 11 is 0. The Morgan fingerprint density at radius 2 is 1.92 bits per heavy atom. The fourth-order valence-electron chi connectivity index (χ4n) is 0.795. The van der Waals surface area contributed by atoms with Crippen LogP contribution in [0.25, 0.3) is 0 Å². The number of hydrogen-bond acceptors (Lipinski definition) is 1. The molecule has 0 aliphatic rings. The first-order valence-electron chi connectivity index (χ1n) is 4.08. The van der Waals surface area contributed by atoms with Gasteiger partial charge < -0.3 is 4.98 Å². The van der Waals surface area contributed by atoms with Crippen LogP contribution in [0.1, 0.15) is 31.4 Å². The second kappa shape index (κ2) is 5.45. The van der Waals surface area contributed by atoms with Gasteiger partial charge in [-0.25, -0.2) is 8.78 Å². The first kappa shape index (κ1) is 11.8. The van der Waals surface area contributed by atoms with Crippen LogP contribution in [-0.4, -0.2) is 4.98 Å². The minimum absolute atomic E-state index is 0.200. The summed E-state index contributed by atoms with van der Waals surface area (Å²) in [6, 6.07) is 0.917. The molecule has 2 nitrogen and oxygen atoms in total. The van der Waals surface area contributed by atoms with E-state index in [9.17, 15) is 13.6 Å². The molecular formula is C9H13F2NO. The van der Waals surface area contributed by atoms with E-state index in [0.29, 0.717) is 5.56 Å². The van der Waals surface area contributed by atoms with Gasteiger partial charge in [-0.2, -0.15) is 0 Å². The van der Waals surface area contributed by atoms with Crippen molar-refractivity contribution >= 4 is 0 Å². The van der Waals surface area contributed by atoms with Crippen LogP contribution in [0.4, 0.5) is 8.78 Å². The van der Waals surface area contributed by atoms with Crippen LogP contribution in [-0.2, 0) is 0 Å². The predicted molar refractivity (Wildman–Crippen MR) is 48.1 cm³/mol.